The predicted octanol–water partition coefficient (Wildman–Crippen LogP) is 1.15. The van der Waals surface area contributed by atoms with E-state index in [1.165, 1.54) is 0 Å². The molecule has 0 aliphatic carbocycles. The Bertz CT molecular complexity index is 882. The van der Waals surface area contributed by atoms with Crippen LogP contribution in [0.15, 0.2) is 12.1 Å². The van der Waals surface area contributed by atoms with Crippen LogP contribution in [0.4, 0.5) is 11.4 Å². The summed E-state index contributed by atoms with van der Waals surface area (Å²) in [6.07, 6.45) is 3.84. The molecule has 1 aromatic carbocycles. The van der Waals surface area contributed by atoms with Crippen molar-refractivity contribution in [1.82, 2.24) is 10.2 Å². The number of nitrogens with zero attached hydrogens (tertiary/aromatic N) is 2. The summed E-state index contributed by atoms with van der Waals surface area (Å²) in [5.41, 5.74) is 3.48. The highest BCUT2D eigenvalue weighted by molar-refractivity contribution is 6.39. The van der Waals surface area contributed by atoms with E-state index in [1.807, 2.05) is 17.9 Å². The van der Waals surface area contributed by atoms with Gasteiger partial charge >= 0.3 is 11.8 Å². The van der Waals surface area contributed by atoms with Crippen molar-refractivity contribution in [2.24, 2.45) is 0 Å². The van der Waals surface area contributed by atoms with Gasteiger partial charge in [-0.2, -0.15) is 0 Å². The molecule has 2 N–H and O–H groups in total. The first-order valence-electron chi connectivity index (χ1n) is 10.3. The number of carbonyl (C=O) groups excluding carboxylic acids is 4. The van der Waals surface area contributed by atoms with Crippen LogP contribution in [0.3, 0.4) is 0 Å². The average Bonchev–Trinajstić information content (AvgIpc) is 3.22. The first-order valence-corrected chi connectivity index (χ1v) is 10.3. The molecule has 3 aliphatic heterocycles. The highest BCUT2D eigenvalue weighted by atomic mass is 16.2. The molecular weight excluding hydrogens is 372 g/mol. The molecule has 0 bridgehead atoms. The maximum absolute atomic E-state index is 12.4. The summed E-state index contributed by atoms with van der Waals surface area (Å²) in [6, 6.07) is 3.66. The minimum absolute atomic E-state index is 0.0960. The third-order valence-electron chi connectivity index (χ3n) is 5.94. The molecule has 1 atom stereocenters. The van der Waals surface area contributed by atoms with Crippen LogP contribution in [-0.4, -0.2) is 54.7 Å². The van der Waals surface area contributed by atoms with Gasteiger partial charge in [-0.25, -0.2) is 0 Å². The molecule has 29 heavy (non-hydrogen) atoms. The Hall–Kier alpha value is -2.90. The van der Waals surface area contributed by atoms with Crippen molar-refractivity contribution in [3.05, 3.63) is 23.3 Å². The molecule has 4 rings (SSSR count). The van der Waals surface area contributed by atoms with Crippen LogP contribution in [0.5, 0.6) is 0 Å². The normalized spacial score (nSPS) is 20.1. The largest absolute Gasteiger partial charge is 0.348 e. The van der Waals surface area contributed by atoms with Crippen molar-refractivity contribution in [2.75, 3.05) is 36.4 Å². The van der Waals surface area contributed by atoms with Gasteiger partial charge < -0.3 is 20.4 Å². The van der Waals surface area contributed by atoms with Gasteiger partial charge in [0.05, 0.1) is 11.6 Å². The molecule has 1 fully saturated rings. The van der Waals surface area contributed by atoms with E-state index in [-0.39, 0.29) is 17.7 Å². The predicted molar refractivity (Wildman–Crippen MR) is 108 cm³/mol. The van der Waals surface area contributed by atoms with Crippen molar-refractivity contribution in [3.63, 3.8) is 0 Å². The lowest BCUT2D eigenvalue weighted by molar-refractivity contribution is -0.136. The third kappa shape index (κ3) is 3.71. The van der Waals surface area contributed by atoms with Crippen molar-refractivity contribution in [3.8, 4) is 0 Å². The minimum atomic E-state index is -0.723. The molecule has 0 aromatic heterocycles. The topological polar surface area (TPSA) is 98.8 Å². The van der Waals surface area contributed by atoms with Crippen molar-refractivity contribution < 1.29 is 19.2 Å². The number of likely N-dealkylation sites (tertiary alicyclic amines) is 1. The summed E-state index contributed by atoms with van der Waals surface area (Å²) in [5, 5.41) is 5.27. The molecule has 4 amide bonds. The molecule has 3 heterocycles. The van der Waals surface area contributed by atoms with E-state index in [2.05, 4.69) is 10.6 Å². The van der Waals surface area contributed by atoms with E-state index < -0.39 is 11.8 Å². The Labute approximate surface area is 169 Å². The summed E-state index contributed by atoms with van der Waals surface area (Å²) in [6.45, 7) is 4.32. The lowest BCUT2D eigenvalue weighted by Crippen LogP contribution is -2.37. The third-order valence-corrected chi connectivity index (χ3v) is 5.94. The highest BCUT2D eigenvalue weighted by Gasteiger charge is 2.38. The highest BCUT2D eigenvalue weighted by Crippen LogP contribution is 2.44. The lowest BCUT2D eigenvalue weighted by atomic mass is 9.96. The van der Waals surface area contributed by atoms with E-state index in [0.717, 1.165) is 49.2 Å². The number of hydrogen-bond donors (Lipinski definition) is 2. The average molecular weight is 398 g/mol. The Balaban J connectivity index is 1.33. The first kappa shape index (κ1) is 19.4. The van der Waals surface area contributed by atoms with Crippen LogP contribution in [0, 0.1) is 0 Å². The molecule has 154 valence electrons. The zero-order valence-corrected chi connectivity index (χ0v) is 16.6. The van der Waals surface area contributed by atoms with Gasteiger partial charge in [-0.1, -0.05) is 0 Å². The van der Waals surface area contributed by atoms with Gasteiger partial charge in [0.2, 0.25) is 11.8 Å². The fourth-order valence-electron chi connectivity index (χ4n) is 4.45. The fraction of sp³-hybridized carbons (Fsp3) is 0.524. The monoisotopic (exact) mass is 398 g/mol. The summed E-state index contributed by atoms with van der Waals surface area (Å²) in [5.74, 6) is -1.41. The quantitative estimate of drug-likeness (QED) is 0.574. The number of anilines is 2. The molecule has 1 aromatic rings. The van der Waals surface area contributed by atoms with Gasteiger partial charge in [-0.3, -0.25) is 19.2 Å². The molecular formula is C21H26N4O4. The molecule has 0 unspecified atom stereocenters. The second kappa shape index (κ2) is 7.85. The Kier molecular flexibility index (Phi) is 5.25. The second-order valence-electron chi connectivity index (χ2n) is 7.94. The van der Waals surface area contributed by atoms with Crippen LogP contribution in [-0.2, 0) is 25.6 Å². The second-order valence-corrected chi connectivity index (χ2v) is 7.94. The summed E-state index contributed by atoms with van der Waals surface area (Å²) < 4.78 is 0. The Morgan fingerprint density at radius 3 is 2.66 bits per heavy atom. The minimum Gasteiger partial charge on any atom is -0.348 e. The van der Waals surface area contributed by atoms with E-state index >= 15 is 0 Å². The van der Waals surface area contributed by atoms with Gasteiger partial charge in [0, 0.05) is 38.3 Å². The van der Waals surface area contributed by atoms with E-state index in [1.54, 1.807) is 11.0 Å². The van der Waals surface area contributed by atoms with Crippen LogP contribution >= 0.6 is 0 Å². The molecule has 1 saturated heterocycles. The maximum atomic E-state index is 12.4. The molecule has 0 radical (unpaired) electrons. The van der Waals surface area contributed by atoms with Gasteiger partial charge in [0.15, 0.2) is 0 Å². The SMILES string of the molecule is C[C@H]1C(=O)N2CCCc3cc(NC(=O)C(=O)NCCCN4CCCC4=O)cc1c32. The molecule has 3 aliphatic rings. The number of rotatable bonds is 5. The van der Waals surface area contributed by atoms with Crippen LogP contribution in [0.2, 0.25) is 0 Å². The number of carbonyl (C=O) groups is 4. The smallest absolute Gasteiger partial charge is 0.313 e. The van der Waals surface area contributed by atoms with E-state index in [0.29, 0.717) is 31.6 Å². The molecule has 0 spiro atoms. The van der Waals surface area contributed by atoms with Crippen molar-refractivity contribution in [2.45, 2.75) is 44.9 Å². The molecule has 0 saturated carbocycles. The number of amides is 4. The Morgan fingerprint density at radius 1 is 1.10 bits per heavy atom. The van der Waals surface area contributed by atoms with Gasteiger partial charge in [-0.15, -0.1) is 0 Å². The number of benzene rings is 1. The summed E-state index contributed by atoms with van der Waals surface area (Å²) >= 11 is 0. The van der Waals surface area contributed by atoms with Crippen LogP contribution in [0.1, 0.15) is 49.7 Å². The fourth-order valence-corrected chi connectivity index (χ4v) is 4.45. The van der Waals surface area contributed by atoms with E-state index in [4.69, 9.17) is 0 Å². The number of aryl methyl sites for hydroxylation is 1. The standard InChI is InChI=1S/C21H26N4O4/c1-13-16-12-15(11-14-5-2-10-25(18(14)16)21(13)29)23-20(28)19(27)22-7-4-9-24-8-3-6-17(24)26/h11-13H,2-10H2,1H3,(H,22,27)(H,23,28)/t13-/m1/s1. The zero-order chi connectivity index (χ0) is 20.5. The maximum Gasteiger partial charge on any atom is 0.313 e. The molecule has 8 heteroatoms. The molecule has 8 nitrogen and oxygen atoms in total. The van der Waals surface area contributed by atoms with Gasteiger partial charge in [-0.05, 0) is 55.9 Å². The zero-order valence-electron chi connectivity index (χ0n) is 16.6. The van der Waals surface area contributed by atoms with Gasteiger partial charge in [0.25, 0.3) is 0 Å². The Morgan fingerprint density at radius 2 is 1.90 bits per heavy atom. The van der Waals surface area contributed by atoms with Crippen LogP contribution in [0.25, 0.3) is 0 Å². The van der Waals surface area contributed by atoms with E-state index in [9.17, 15) is 19.2 Å². The lowest BCUT2D eigenvalue weighted by Gasteiger charge is -2.26. The first-order chi connectivity index (χ1) is 14.0. The van der Waals surface area contributed by atoms with Crippen LogP contribution < -0.4 is 15.5 Å². The van der Waals surface area contributed by atoms with Crippen molar-refractivity contribution in [1.29, 1.82) is 0 Å². The van der Waals surface area contributed by atoms with Gasteiger partial charge in [0.1, 0.15) is 0 Å². The summed E-state index contributed by atoms with van der Waals surface area (Å²) in [7, 11) is 0. The summed E-state index contributed by atoms with van der Waals surface area (Å²) in [4.78, 5) is 52.0. The number of hydrogen-bond acceptors (Lipinski definition) is 4. The number of nitrogens with one attached hydrogen (secondary N) is 2. The van der Waals surface area contributed by atoms with Crippen molar-refractivity contribution >= 4 is 35.0 Å².